The fourth-order valence-electron chi connectivity index (χ4n) is 1.57. The Hall–Kier alpha value is -2.10. The standard InChI is InChI=1S/C15H18O4/c1-3-6-14(16)19-13-8-5-7-11(10-13)9-12(4-2)15(17)18/h5,7-10H,3-4,6H2,1-2H3,(H,17,18)/b12-9+. The second-order valence-electron chi connectivity index (χ2n) is 4.12. The van der Waals surface area contributed by atoms with Crippen LogP contribution in [0.4, 0.5) is 0 Å². The maximum Gasteiger partial charge on any atom is 0.331 e. The smallest absolute Gasteiger partial charge is 0.331 e. The van der Waals surface area contributed by atoms with Gasteiger partial charge < -0.3 is 9.84 Å². The highest BCUT2D eigenvalue weighted by atomic mass is 16.5. The van der Waals surface area contributed by atoms with Gasteiger partial charge in [0.2, 0.25) is 0 Å². The summed E-state index contributed by atoms with van der Waals surface area (Å²) >= 11 is 0. The van der Waals surface area contributed by atoms with Crippen LogP contribution in [-0.4, -0.2) is 17.0 Å². The van der Waals surface area contributed by atoms with E-state index in [2.05, 4.69) is 0 Å². The molecule has 0 bridgehead atoms. The Balaban J connectivity index is 2.88. The Morgan fingerprint density at radius 1 is 1.32 bits per heavy atom. The number of esters is 1. The molecular weight excluding hydrogens is 244 g/mol. The molecule has 0 saturated heterocycles. The molecule has 1 rings (SSSR count). The van der Waals surface area contributed by atoms with Gasteiger partial charge in [-0.3, -0.25) is 4.79 Å². The van der Waals surface area contributed by atoms with Crippen molar-refractivity contribution in [1.82, 2.24) is 0 Å². The minimum Gasteiger partial charge on any atom is -0.478 e. The third-order valence-corrected chi connectivity index (χ3v) is 2.54. The molecule has 0 fully saturated rings. The third-order valence-electron chi connectivity index (χ3n) is 2.54. The van der Waals surface area contributed by atoms with Gasteiger partial charge in [-0.1, -0.05) is 26.0 Å². The molecule has 1 aromatic rings. The van der Waals surface area contributed by atoms with Gasteiger partial charge in [0, 0.05) is 12.0 Å². The highest BCUT2D eigenvalue weighted by Crippen LogP contribution is 2.17. The van der Waals surface area contributed by atoms with E-state index in [0.29, 0.717) is 29.7 Å². The van der Waals surface area contributed by atoms with E-state index in [0.717, 1.165) is 6.42 Å². The Bertz CT molecular complexity index is 489. The minimum absolute atomic E-state index is 0.280. The summed E-state index contributed by atoms with van der Waals surface area (Å²) in [7, 11) is 0. The van der Waals surface area contributed by atoms with Gasteiger partial charge in [-0.25, -0.2) is 4.79 Å². The van der Waals surface area contributed by atoms with Gasteiger partial charge >= 0.3 is 11.9 Å². The van der Waals surface area contributed by atoms with E-state index in [1.807, 2.05) is 6.92 Å². The molecule has 0 aliphatic carbocycles. The molecule has 0 aliphatic heterocycles. The lowest BCUT2D eigenvalue weighted by molar-refractivity contribution is -0.134. The molecule has 0 heterocycles. The van der Waals surface area contributed by atoms with E-state index in [9.17, 15) is 9.59 Å². The van der Waals surface area contributed by atoms with Gasteiger partial charge in [0.25, 0.3) is 0 Å². The van der Waals surface area contributed by atoms with E-state index < -0.39 is 5.97 Å². The van der Waals surface area contributed by atoms with Crippen molar-refractivity contribution in [3.05, 3.63) is 35.4 Å². The Morgan fingerprint density at radius 2 is 2.05 bits per heavy atom. The van der Waals surface area contributed by atoms with Crippen LogP contribution in [0, 0.1) is 0 Å². The summed E-state index contributed by atoms with van der Waals surface area (Å²) in [5.74, 6) is -0.776. The van der Waals surface area contributed by atoms with Gasteiger partial charge in [0.1, 0.15) is 5.75 Å². The summed E-state index contributed by atoms with van der Waals surface area (Å²) < 4.78 is 5.16. The molecule has 0 radical (unpaired) electrons. The zero-order chi connectivity index (χ0) is 14.3. The van der Waals surface area contributed by atoms with Crippen LogP contribution >= 0.6 is 0 Å². The van der Waals surface area contributed by atoms with Crippen LogP contribution in [0.5, 0.6) is 5.75 Å². The molecule has 1 N–H and O–H groups in total. The molecule has 0 unspecified atom stereocenters. The molecule has 0 aromatic heterocycles. The number of hydrogen-bond acceptors (Lipinski definition) is 3. The predicted molar refractivity (Wildman–Crippen MR) is 72.9 cm³/mol. The zero-order valence-corrected chi connectivity index (χ0v) is 11.2. The first kappa shape index (κ1) is 15.0. The number of carbonyl (C=O) groups is 2. The summed E-state index contributed by atoms with van der Waals surface area (Å²) in [6.45, 7) is 3.69. The van der Waals surface area contributed by atoms with Crippen LogP contribution in [0.1, 0.15) is 38.7 Å². The number of benzene rings is 1. The van der Waals surface area contributed by atoms with Crippen LogP contribution in [0.25, 0.3) is 6.08 Å². The van der Waals surface area contributed by atoms with Gasteiger partial charge in [-0.05, 0) is 36.6 Å². The first-order valence-electron chi connectivity index (χ1n) is 6.31. The predicted octanol–water partition coefficient (Wildman–Crippen LogP) is 3.27. The molecule has 0 atom stereocenters. The Labute approximate surface area is 112 Å². The SMILES string of the molecule is CCCC(=O)Oc1cccc(/C=C(\CC)C(=O)O)c1. The molecule has 0 saturated carbocycles. The van der Waals surface area contributed by atoms with Crippen molar-refractivity contribution < 1.29 is 19.4 Å². The van der Waals surface area contributed by atoms with Gasteiger partial charge in [-0.2, -0.15) is 0 Å². The van der Waals surface area contributed by atoms with Crippen LogP contribution in [0.3, 0.4) is 0 Å². The maximum atomic E-state index is 11.4. The average molecular weight is 262 g/mol. The van der Waals surface area contributed by atoms with Crippen LogP contribution in [0.15, 0.2) is 29.8 Å². The van der Waals surface area contributed by atoms with Crippen LogP contribution in [-0.2, 0) is 9.59 Å². The monoisotopic (exact) mass is 262 g/mol. The highest BCUT2D eigenvalue weighted by Gasteiger charge is 2.06. The van der Waals surface area contributed by atoms with E-state index >= 15 is 0 Å². The summed E-state index contributed by atoms with van der Waals surface area (Å²) in [5.41, 5.74) is 1.03. The molecule has 4 heteroatoms. The number of carboxylic acid groups (broad SMARTS) is 1. The van der Waals surface area contributed by atoms with Gasteiger partial charge in [0.05, 0.1) is 0 Å². The molecule has 0 aliphatic rings. The normalized spacial score (nSPS) is 11.2. The number of carboxylic acids is 1. The summed E-state index contributed by atoms with van der Waals surface area (Å²) in [6.07, 6.45) is 3.13. The summed E-state index contributed by atoms with van der Waals surface area (Å²) in [6, 6.07) is 6.84. The van der Waals surface area contributed by atoms with Crippen molar-refractivity contribution >= 4 is 18.0 Å². The van der Waals surface area contributed by atoms with Crippen molar-refractivity contribution in [2.45, 2.75) is 33.1 Å². The van der Waals surface area contributed by atoms with Crippen molar-refractivity contribution in [3.63, 3.8) is 0 Å². The van der Waals surface area contributed by atoms with Crippen molar-refractivity contribution in [1.29, 1.82) is 0 Å². The minimum atomic E-state index is -0.934. The lowest BCUT2D eigenvalue weighted by atomic mass is 10.1. The van der Waals surface area contributed by atoms with Gasteiger partial charge in [0.15, 0.2) is 0 Å². The summed E-state index contributed by atoms with van der Waals surface area (Å²) in [4.78, 5) is 22.3. The largest absolute Gasteiger partial charge is 0.478 e. The average Bonchev–Trinajstić information content (AvgIpc) is 2.36. The van der Waals surface area contributed by atoms with E-state index in [-0.39, 0.29) is 5.97 Å². The lowest BCUT2D eigenvalue weighted by Crippen LogP contribution is -2.06. The molecular formula is C15H18O4. The molecule has 19 heavy (non-hydrogen) atoms. The second kappa shape index (κ2) is 7.36. The van der Waals surface area contributed by atoms with Gasteiger partial charge in [-0.15, -0.1) is 0 Å². The fraction of sp³-hybridized carbons (Fsp3) is 0.333. The first-order valence-corrected chi connectivity index (χ1v) is 6.31. The van der Waals surface area contributed by atoms with Crippen LogP contribution in [0.2, 0.25) is 0 Å². The Kier molecular flexibility index (Phi) is 5.79. The van der Waals surface area contributed by atoms with Crippen molar-refractivity contribution in [2.24, 2.45) is 0 Å². The molecule has 4 nitrogen and oxygen atoms in total. The number of rotatable bonds is 6. The molecule has 102 valence electrons. The van der Waals surface area contributed by atoms with Crippen molar-refractivity contribution in [3.8, 4) is 5.75 Å². The quantitative estimate of drug-likeness (QED) is 0.485. The lowest BCUT2D eigenvalue weighted by Gasteiger charge is -2.05. The highest BCUT2D eigenvalue weighted by molar-refractivity contribution is 5.92. The zero-order valence-electron chi connectivity index (χ0n) is 11.2. The third kappa shape index (κ3) is 4.95. The number of ether oxygens (including phenoxy) is 1. The number of aliphatic carboxylic acids is 1. The maximum absolute atomic E-state index is 11.4. The molecule has 1 aromatic carbocycles. The molecule has 0 amide bonds. The topological polar surface area (TPSA) is 63.6 Å². The molecule has 0 spiro atoms. The summed E-state index contributed by atoms with van der Waals surface area (Å²) in [5, 5.41) is 8.97. The van der Waals surface area contributed by atoms with Crippen molar-refractivity contribution in [2.75, 3.05) is 0 Å². The van der Waals surface area contributed by atoms with E-state index in [1.54, 1.807) is 37.3 Å². The fourth-order valence-corrected chi connectivity index (χ4v) is 1.57. The first-order chi connectivity index (χ1) is 9.06. The van der Waals surface area contributed by atoms with E-state index in [4.69, 9.17) is 9.84 Å². The number of hydrogen-bond donors (Lipinski definition) is 1. The number of carbonyl (C=O) groups excluding carboxylic acids is 1. The second-order valence-corrected chi connectivity index (χ2v) is 4.12. The van der Waals surface area contributed by atoms with Crippen LogP contribution < -0.4 is 4.74 Å². The Morgan fingerprint density at radius 3 is 2.63 bits per heavy atom. The van der Waals surface area contributed by atoms with E-state index in [1.165, 1.54) is 0 Å².